The van der Waals surface area contributed by atoms with Crippen LogP contribution in [0, 0.1) is 0 Å². The molecule has 0 rings (SSSR count). The summed E-state index contributed by atoms with van der Waals surface area (Å²) in [5.41, 5.74) is 0. The molecule has 0 amide bonds. The molecule has 0 aromatic carbocycles. The zero-order chi connectivity index (χ0) is 10.1. The van der Waals surface area contributed by atoms with Crippen LogP contribution in [0.2, 0.25) is 6.32 Å². The van der Waals surface area contributed by atoms with Gasteiger partial charge in [0, 0.05) is 13.0 Å². The molecule has 0 fully saturated rings. The van der Waals surface area contributed by atoms with Crippen LogP contribution >= 0.6 is 0 Å². The van der Waals surface area contributed by atoms with Gasteiger partial charge in [0.15, 0.2) is 0 Å². The molecule has 1 atom stereocenters. The Morgan fingerprint density at radius 2 is 2.08 bits per heavy atom. The van der Waals surface area contributed by atoms with Crippen molar-refractivity contribution in [1.29, 1.82) is 0 Å². The molecule has 0 aliphatic heterocycles. The minimum Gasteiger partial charge on any atom is -0.427 e. The minimum atomic E-state index is -1.05. The predicted molar refractivity (Wildman–Crippen MR) is 51.1 cm³/mol. The summed E-state index contributed by atoms with van der Waals surface area (Å²) in [5, 5.41) is 26.7. The quantitative estimate of drug-likeness (QED) is 0.294. The molecule has 78 valence electrons. The van der Waals surface area contributed by atoms with E-state index in [9.17, 15) is 5.02 Å². The Bertz CT molecular complexity index is 112. The number of hydrogen-bond acceptors (Lipinski definition) is 4. The van der Waals surface area contributed by atoms with Gasteiger partial charge in [-0.25, -0.2) is 0 Å². The lowest BCUT2D eigenvalue weighted by Crippen LogP contribution is -2.26. The van der Waals surface area contributed by atoms with Crippen LogP contribution in [0.4, 0.5) is 0 Å². The van der Waals surface area contributed by atoms with Gasteiger partial charge in [-0.05, 0) is 6.32 Å². The molecule has 0 aromatic rings. The SMILES string of the molecule is CCCCCB(O)OC(O)CCO. The standard InChI is InChI=1S/C8H19BO4/c1-2-3-4-6-9(12)13-8(11)5-7-10/h8,10-12H,2-7H2,1H3. The zero-order valence-electron chi connectivity index (χ0n) is 8.15. The van der Waals surface area contributed by atoms with Crippen molar-refractivity contribution in [3.05, 3.63) is 0 Å². The van der Waals surface area contributed by atoms with Crippen molar-refractivity contribution in [1.82, 2.24) is 0 Å². The Morgan fingerprint density at radius 3 is 2.62 bits per heavy atom. The molecule has 0 aliphatic rings. The van der Waals surface area contributed by atoms with Crippen LogP contribution in [0.5, 0.6) is 0 Å². The Kier molecular flexibility index (Phi) is 8.44. The van der Waals surface area contributed by atoms with Crippen molar-refractivity contribution in [2.24, 2.45) is 0 Å². The summed E-state index contributed by atoms with van der Waals surface area (Å²) in [5.74, 6) is 0. The molecule has 0 heterocycles. The summed E-state index contributed by atoms with van der Waals surface area (Å²) >= 11 is 0. The first kappa shape index (κ1) is 12.9. The van der Waals surface area contributed by atoms with E-state index in [1.54, 1.807) is 0 Å². The van der Waals surface area contributed by atoms with Crippen molar-refractivity contribution in [2.45, 2.75) is 45.2 Å². The minimum absolute atomic E-state index is 0.136. The third kappa shape index (κ3) is 8.24. The van der Waals surface area contributed by atoms with Crippen molar-refractivity contribution in [3.8, 4) is 0 Å². The van der Waals surface area contributed by atoms with Crippen LogP contribution in [0.15, 0.2) is 0 Å². The van der Waals surface area contributed by atoms with E-state index in [0.29, 0.717) is 6.32 Å². The van der Waals surface area contributed by atoms with E-state index in [1.807, 2.05) is 0 Å². The lowest BCUT2D eigenvalue weighted by Gasteiger charge is -2.13. The Labute approximate surface area is 79.7 Å². The van der Waals surface area contributed by atoms with E-state index in [0.717, 1.165) is 19.3 Å². The summed E-state index contributed by atoms with van der Waals surface area (Å²) < 4.78 is 4.79. The topological polar surface area (TPSA) is 69.9 Å². The van der Waals surface area contributed by atoms with Crippen LogP contribution in [-0.4, -0.2) is 35.3 Å². The fraction of sp³-hybridized carbons (Fsp3) is 1.00. The van der Waals surface area contributed by atoms with Crippen molar-refractivity contribution >= 4 is 7.12 Å². The third-order valence-electron chi connectivity index (χ3n) is 1.74. The van der Waals surface area contributed by atoms with Crippen LogP contribution in [-0.2, 0) is 4.65 Å². The fourth-order valence-corrected chi connectivity index (χ4v) is 0.997. The van der Waals surface area contributed by atoms with Crippen LogP contribution in [0.1, 0.15) is 32.6 Å². The molecule has 0 spiro atoms. The van der Waals surface area contributed by atoms with E-state index < -0.39 is 13.4 Å². The lowest BCUT2D eigenvalue weighted by atomic mass is 9.82. The molecule has 0 saturated carbocycles. The Hall–Kier alpha value is -0.0951. The fourth-order valence-electron chi connectivity index (χ4n) is 0.997. The van der Waals surface area contributed by atoms with Gasteiger partial charge in [-0.15, -0.1) is 0 Å². The van der Waals surface area contributed by atoms with Crippen LogP contribution in [0.25, 0.3) is 0 Å². The van der Waals surface area contributed by atoms with Gasteiger partial charge in [-0.3, -0.25) is 0 Å². The zero-order valence-corrected chi connectivity index (χ0v) is 8.15. The third-order valence-corrected chi connectivity index (χ3v) is 1.74. The van der Waals surface area contributed by atoms with Gasteiger partial charge in [-0.2, -0.15) is 0 Å². The number of aliphatic hydroxyl groups excluding tert-OH is 2. The molecule has 0 bridgehead atoms. The van der Waals surface area contributed by atoms with Crippen molar-refractivity contribution < 1.29 is 19.9 Å². The molecule has 0 aromatic heterocycles. The first-order valence-electron chi connectivity index (χ1n) is 4.83. The Morgan fingerprint density at radius 1 is 1.38 bits per heavy atom. The highest BCUT2D eigenvalue weighted by molar-refractivity contribution is 6.42. The van der Waals surface area contributed by atoms with Crippen molar-refractivity contribution in [3.63, 3.8) is 0 Å². The highest BCUT2D eigenvalue weighted by Crippen LogP contribution is 2.05. The summed E-state index contributed by atoms with van der Waals surface area (Å²) in [6.07, 6.45) is 2.66. The normalized spacial score (nSPS) is 12.9. The van der Waals surface area contributed by atoms with E-state index in [1.165, 1.54) is 0 Å². The van der Waals surface area contributed by atoms with Crippen LogP contribution in [0.3, 0.4) is 0 Å². The molecular formula is C8H19BO4. The van der Waals surface area contributed by atoms with E-state index in [4.69, 9.17) is 14.9 Å². The molecular weight excluding hydrogens is 171 g/mol. The van der Waals surface area contributed by atoms with Gasteiger partial charge < -0.3 is 19.9 Å². The predicted octanol–water partition coefficient (Wildman–Crippen LogP) is 0.374. The first-order chi connectivity index (χ1) is 6.20. The van der Waals surface area contributed by atoms with Gasteiger partial charge in [0.25, 0.3) is 0 Å². The van der Waals surface area contributed by atoms with Gasteiger partial charge in [0.2, 0.25) is 0 Å². The second-order valence-corrected chi connectivity index (χ2v) is 3.05. The highest BCUT2D eigenvalue weighted by Gasteiger charge is 2.16. The average molecular weight is 190 g/mol. The largest absolute Gasteiger partial charge is 0.455 e. The van der Waals surface area contributed by atoms with Gasteiger partial charge >= 0.3 is 7.12 Å². The monoisotopic (exact) mass is 190 g/mol. The number of unbranched alkanes of at least 4 members (excludes halogenated alkanes) is 2. The molecule has 0 radical (unpaired) electrons. The molecule has 1 unspecified atom stereocenters. The molecule has 3 N–H and O–H groups in total. The number of rotatable bonds is 8. The highest BCUT2D eigenvalue weighted by atomic mass is 16.6. The Balaban J connectivity index is 3.32. The maximum absolute atomic E-state index is 9.21. The van der Waals surface area contributed by atoms with E-state index in [2.05, 4.69) is 6.92 Å². The molecule has 0 aliphatic carbocycles. The van der Waals surface area contributed by atoms with E-state index >= 15 is 0 Å². The van der Waals surface area contributed by atoms with Crippen molar-refractivity contribution in [2.75, 3.05) is 6.61 Å². The number of aliphatic hydroxyl groups is 2. The maximum atomic E-state index is 9.21. The maximum Gasteiger partial charge on any atom is 0.455 e. The first-order valence-corrected chi connectivity index (χ1v) is 4.83. The summed E-state index contributed by atoms with van der Waals surface area (Å²) in [6, 6.07) is 0. The van der Waals surface area contributed by atoms with Gasteiger partial charge in [0.05, 0.1) is 0 Å². The number of hydrogen-bond donors (Lipinski definition) is 3. The second-order valence-electron chi connectivity index (χ2n) is 3.05. The molecule has 13 heavy (non-hydrogen) atoms. The summed E-state index contributed by atoms with van der Waals surface area (Å²) in [7, 11) is -0.909. The van der Waals surface area contributed by atoms with E-state index in [-0.39, 0.29) is 13.0 Å². The average Bonchev–Trinajstić information content (AvgIpc) is 2.05. The molecule has 0 saturated heterocycles. The second kappa shape index (κ2) is 8.50. The van der Waals surface area contributed by atoms with Gasteiger partial charge in [0.1, 0.15) is 6.29 Å². The molecule has 4 nitrogen and oxygen atoms in total. The van der Waals surface area contributed by atoms with Gasteiger partial charge in [-0.1, -0.05) is 26.2 Å². The lowest BCUT2D eigenvalue weighted by molar-refractivity contribution is -0.0461. The summed E-state index contributed by atoms with van der Waals surface area (Å²) in [4.78, 5) is 0. The summed E-state index contributed by atoms with van der Waals surface area (Å²) in [6.45, 7) is 1.94. The smallest absolute Gasteiger partial charge is 0.427 e. The molecule has 5 heteroatoms. The van der Waals surface area contributed by atoms with Crippen LogP contribution < -0.4 is 0 Å².